The molecule has 4 rings (SSSR count). The summed E-state index contributed by atoms with van der Waals surface area (Å²) in [5.74, 6) is 1.68. The molecule has 9 nitrogen and oxygen atoms in total. The Morgan fingerprint density at radius 1 is 1.19 bits per heavy atom. The first kappa shape index (κ1) is 21.3. The smallest absolute Gasteiger partial charge is 0.388 e. The summed E-state index contributed by atoms with van der Waals surface area (Å²) in [5.41, 5.74) is 1.61. The van der Waals surface area contributed by atoms with Gasteiger partial charge in [-0.3, -0.25) is 0 Å². The van der Waals surface area contributed by atoms with Crippen LogP contribution in [-0.4, -0.2) is 65.2 Å². The fraction of sp³-hybridized carbons (Fsp3) is 0.550. The monoisotopic (exact) mass is 436 g/mol. The van der Waals surface area contributed by atoms with Gasteiger partial charge in [0.15, 0.2) is 5.82 Å². The van der Waals surface area contributed by atoms with Gasteiger partial charge in [0.05, 0.1) is 17.9 Å². The molecule has 0 radical (unpaired) electrons. The minimum absolute atomic E-state index is 0.0103. The molecule has 2 N–H and O–H groups in total. The normalized spacial score (nSPS) is 25.2. The van der Waals surface area contributed by atoms with Gasteiger partial charge in [-0.2, -0.15) is 13.8 Å². The molecular weight excluding hydrogens is 410 g/mol. The second kappa shape index (κ2) is 8.29. The van der Waals surface area contributed by atoms with E-state index in [9.17, 15) is 13.9 Å². The number of nitrogens with one attached hydrogen (secondary N) is 1. The molecule has 0 amide bonds. The first-order chi connectivity index (χ1) is 14.7. The van der Waals surface area contributed by atoms with Crippen molar-refractivity contribution in [2.45, 2.75) is 57.7 Å². The number of aliphatic hydroxyl groups excluding tert-OH is 1. The van der Waals surface area contributed by atoms with Gasteiger partial charge in [0.25, 0.3) is 0 Å². The molecule has 1 aliphatic carbocycles. The van der Waals surface area contributed by atoms with Crippen molar-refractivity contribution in [3.63, 3.8) is 0 Å². The number of halogens is 2. The summed E-state index contributed by atoms with van der Waals surface area (Å²) in [6.07, 6.45) is 2.23. The van der Waals surface area contributed by atoms with Crippen molar-refractivity contribution in [3.05, 3.63) is 24.0 Å². The number of hydrogen-bond acceptors (Lipinski definition) is 9. The molecule has 31 heavy (non-hydrogen) atoms. The molecule has 3 heterocycles. The number of aromatic nitrogens is 3. The third-order valence-electron chi connectivity index (χ3n) is 5.82. The van der Waals surface area contributed by atoms with Crippen LogP contribution >= 0.6 is 0 Å². The van der Waals surface area contributed by atoms with Crippen LogP contribution < -0.4 is 24.6 Å². The zero-order valence-electron chi connectivity index (χ0n) is 17.8. The molecular formula is C20H26F2N6O3. The molecule has 11 heteroatoms. The van der Waals surface area contributed by atoms with Gasteiger partial charge in [-0.15, -0.1) is 0 Å². The lowest BCUT2D eigenvalue weighted by Gasteiger charge is -2.43. The van der Waals surface area contributed by atoms with E-state index in [0.29, 0.717) is 11.7 Å². The minimum atomic E-state index is -2.90. The number of pyridine rings is 1. The Hall–Kier alpha value is -2.95. The molecule has 2 aromatic heterocycles. The van der Waals surface area contributed by atoms with Crippen molar-refractivity contribution in [3.8, 4) is 11.6 Å². The second-order valence-corrected chi connectivity index (χ2v) is 7.94. The lowest BCUT2D eigenvalue weighted by Crippen LogP contribution is -2.53. The fourth-order valence-corrected chi connectivity index (χ4v) is 3.88. The molecule has 2 atom stereocenters. The van der Waals surface area contributed by atoms with E-state index in [1.807, 2.05) is 32.8 Å². The van der Waals surface area contributed by atoms with Gasteiger partial charge in [0.1, 0.15) is 23.8 Å². The highest BCUT2D eigenvalue weighted by Crippen LogP contribution is 2.37. The molecule has 0 spiro atoms. The van der Waals surface area contributed by atoms with Gasteiger partial charge in [-0.1, -0.05) is 0 Å². The first-order valence-corrected chi connectivity index (χ1v) is 10.1. The number of hydrogen-bond donors (Lipinski definition) is 2. The number of rotatable bonds is 6. The van der Waals surface area contributed by atoms with E-state index in [1.54, 1.807) is 11.0 Å². The molecule has 1 saturated carbocycles. The van der Waals surface area contributed by atoms with Crippen LogP contribution in [0.3, 0.4) is 0 Å². The van der Waals surface area contributed by atoms with Gasteiger partial charge < -0.3 is 29.7 Å². The topological polar surface area (TPSA) is 95.9 Å². The maximum atomic E-state index is 12.2. The summed E-state index contributed by atoms with van der Waals surface area (Å²) in [4.78, 5) is 16.8. The molecule has 2 aliphatic rings. The van der Waals surface area contributed by atoms with Crippen molar-refractivity contribution < 1.29 is 23.4 Å². The molecule has 0 saturated heterocycles. The van der Waals surface area contributed by atoms with Crippen LogP contribution in [-0.2, 0) is 0 Å². The number of ether oxygens (including phenoxy) is 2. The van der Waals surface area contributed by atoms with E-state index in [1.165, 1.54) is 12.3 Å². The average Bonchev–Trinajstić information content (AvgIpc) is 2.69. The first-order valence-electron chi connectivity index (χ1n) is 10.1. The number of likely N-dealkylation sites (N-methyl/N-ethyl adjacent to an activating group) is 2. The van der Waals surface area contributed by atoms with Gasteiger partial charge in [-0.25, -0.2) is 9.97 Å². The van der Waals surface area contributed by atoms with Crippen molar-refractivity contribution in [2.75, 3.05) is 29.2 Å². The second-order valence-electron chi connectivity index (χ2n) is 7.94. The van der Waals surface area contributed by atoms with E-state index in [2.05, 4.69) is 25.0 Å². The lowest BCUT2D eigenvalue weighted by molar-refractivity contribution is -0.0529. The standard InChI is InChI=1S/C20H26F2N6O3/c1-10-16-17(27(3)11(2)18(29)28(16)4)26-20(24-10)25-12-7-14(8-12)30-13-5-6-15(23-9-13)31-19(21)22/h5-6,9,11-12,14,18-19,29H,7-8H2,1-4H3,(H,24,25,26)/t11-,12-,14-,18?/m0/s1. The third kappa shape index (κ3) is 4.27. The van der Waals surface area contributed by atoms with Crippen LogP contribution in [0.5, 0.6) is 11.6 Å². The Morgan fingerprint density at radius 2 is 1.94 bits per heavy atom. The lowest BCUT2D eigenvalue weighted by atomic mass is 9.89. The number of aryl methyl sites for hydroxylation is 1. The summed E-state index contributed by atoms with van der Waals surface area (Å²) in [5, 5.41) is 13.8. The quantitative estimate of drug-likeness (QED) is 0.708. The van der Waals surface area contributed by atoms with Crippen molar-refractivity contribution in [1.82, 2.24) is 15.0 Å². The molecule has 168 valence electrons. The summed E-state index contributed by atoms with van der Waals surface area (Å²) in [7, 11) is 3.75. The summed E-state index contributed by atoms with van der Waals surface area (Å²) in [6, 6.07) is 2.97. The highest BCUT2D eigenvalue weighted by Gasteiger charge is 2.36. The molecule has 1 aliphatic heterocycles. The highest BCUT2D eigenvalue weighted by atomic mass is 19.3. The molecule has 2 aromatic rings. The van der Waals surface area contributed by atoms with Gasteiger partial charge in [0.2, 0.25) is 11.8 Å². The number of anilines is 3. The number of aliphatic hydroxyl groups is 1. The largest absolute Gasteiger partial charge is 0.489 e. The van der Waals surface area contributed by atoms with Gasteiger partial charge >= 0.3 is 6.61 Å². The van der Waals surface area contributed by atoms with Crippen LogP contribution in [0.2, 0.25) is 0 Å². The fourth-order valence-electron chi connectivity index (χ4n) is 3.88. The summed E-state index contributed by atoms with van der Waals surface area (Å²) < 4.78 is 34.4. The summed E-state index contributed by atoms with van der Waals surface area (Å²) >= 11 is 0. The van der Waals surface area contributed by atoms with E-state index < -0.39 is 12.8 Å². The maximum absolute atomic E-state index is 12.2. The third-order valence-corrected chi connectivity index (χ3v) is 5.82. The highest BCUT2D eigenvalue weighted by molar-refractivity contribution is 5.73. The van der Waals surface area contributed by atoms with Crippen LogP contribution in [0.15, 0.2) is 18.3 Å². The van der Waals surface area contributed by atoms with Crippen molar-refractivity contribution >= 4 is 17.5 Å². The summed E-state index contributed by atoms with van der Waals surface area (Å²) in [6.45, 7) is 0.948. The minimum Gasteiger partial charge on any atom is -0.489 e. The molecule has 0 aromatic carbocycles. The molecule has 1 unspecified atom stereocenters. The van der Waals surface area contributed by atoms with Crippen LogP contribution in [0, 0.1) is 6.92 Å². The average molecular weight is 436 g/mol. The zero-order valence-corrected chi connectivity index (χ0v) is 17.8. The Bertz CT molecular complexity index is 926. The van der Waals surface area contributed by atoms with Crippen molar-refractivity contribution in [1.29, 1.82) is 0 Å². The number of fused-ring (bicyclic) bond motifs is 1. The molecule has 1 fully saturated rings. The van der Waals surface area contributed by atoms with E-state index >= 15 is 0 Å². The van der Waals surface area contributed by atoms with Crippen molar-refractivity contribution in [2.24, 2.45) is 0 Å². The number of nitrogens with zero attached hydrogens (tertiary/aromatic N) is 5. The van der Waals surface area contributed by atoms with E-state index in [-0.39, 0.29) is 24.1 Å². The van der Waals surface area contributed by atoms with Crippen LogP contribution in [0.4, 0.5) is 26.2 Å². The van der Waals surface area contributed by atoms with E-state index in [4.69, 9.17) is 4.74 Å². The van der Waals surface area contributed by atoms with Gasteiger partial charge in [0, 0.05) is 39.0 Å². The predicted octanol–water partition coefficient (Wildman–Crippen LogP) is 2.40. The molecule has 0 bridgehead atoms. The maximum Gasteiger partial charge on any atom is 0.388 e. The van der Waals surface area contributed by atoms with Crippen LogP contribution in [0.1, 0.15) is 25.5 Å². The van der Waals surface area contributed by atoms with Crippen LogP contribution in [0.25, 0.3) is 0 Å². The number of alkyl halides is 2. The Morgan fingerprint density at radius 3 is 2.58 bits per heavy atom. The van der Waals surface area contributed by atoms with Gasteiger partial charge in [-0.05, 0) is 19.9 Å². The Labute approximate surface area is 179 Å². The Balaban J connectivity index is 1.35. The SMILES string of the molecule is Cc1nc(N[C@H]2C[C@H](Oc3ccc(OC(F)F)nc3)C2)nc2c1N(C)C(O)[C@H](C)N2C. The van der Waals surface area contributed by atoms with E-state index in [0.717, 1.165) is 30.0 Å². The predicted molar refractivity (Wildman–Crippen MR) is 111 cm³/mol. The zero-order chi connectivity index (χ0) is 22.3. The Kier molecular flexibility index (Phi) is 5.69.